The molecule has 102 valence electrons. The Balaban J connectivity index is 1.83. The van der Waals surface area contributed by atoms with Crippen molar-refractivity contribution in [2.75, 3.05) is 25.0 Å². The van der Waals surface area contributed by atoms with E-state index in [2.05, 4.69) is 17.4 Å². The van der Waals surface area contributed by atoms with Gasteiger partial charge in [0.1, 0.15) is 0 Å². The molecule has 1 aromatic rings. The van der Waals surface area contributed by atoms with Gasteiger partial charge in [0.25, 0.3) is 0 Å². The van der Waals surface area contributed by atoms with Gasteiger partial charge in [0, 0.05) is 30.7 Å². The first-order chi connectivity index (χ1) is 9.17. The minimum Gasteiger partial charge on any atom is -0.326 e. The fourth-order valence-electron chi connectivity index (χ4n) is 3.01. The molecule has 1 amide bonds. The number of fused-ring (bicyclic) bond motifs is 1. The van der Waals surface area contributed by atoms with Crippen molar-refractivity contribution in [2.45, 2.75) is 25.8 Å². The van der Waals surface area contributed by atoms with Gasteiger partial charge in [-0.25, -0.2) is 0 Å². The first-order valence-corrected chi connectivity index (χ1v) is 6.94. The number of nitrogens with two attached hydrogens (primary N) is 1. The molecular weight excluding hydrogens is 238 g/mol. The van der Waals surface area contributed by atoms with Gasteiger partial charge in [0.2, 0.25) is 5.91 Å². The van der Waals surface area contributed by atoms with Crippen LogP contribution in [0.3, 0.4) is 0 Å². The van der Waals surface area contributed by atoms with E-state index in [1.165, 1.54) is 12.8 Å². The van der Waals surface area contributed by atoms with Crippen LogP contribution in [0.4, 0.5) is 5.69 Å². The van der Waals surface area contributed by atoms with E-state index >= 15 is 0 Å². The summed E-state index contributed by atoms with van der Waals surface area (Å²) in [5, 5.41) is 3.25. The van der Waals surface area contributed by atoms with E-state index in [0.29, 0.717) is 18.4 Å². The average Bonchev–Trinajstić information content (AvgIpc) is 3.09. The quantitative estimate of drug-likeness (QED) is 0.830. The molecule has 1 aromatic carbocycles. The van der Waals surface area contributed by atoms with Crippen molar-refractivity contribution in [3.8, 4) is 0 Å². The van der Waals surface area contributed by atoms with Gasteiger partial charge >= 0.3 is 0 Å². The molecule has 19 heavy (non-hydrogen) atoms. The molecule has 0 saturated heterocycles. The topological polar surface area (TPSA) is 58.4 Å². The summed E-state index contributed by atoms with van der Waals surface area (Å²) in [5.74, 6) is 0.228. The Morgan fingerprint density at radius 2 is 2.21 bits per heavy atom. The molecule has 0 aromatic heterocycles. The molecule has 4 heteroatoms. The SMILES string of the molecule is CNCC1(CN2C(=O)Cc3cc(CN)ccc32)CC1. The van der Waals surface area contributed by atoms with Crippen LogP contribution in [0.2, 0.25) is 0 Å². The second-order valence-corrected chi connectivity index (χ2v) is 5.85. The van der Waals surface area contributed by atoms with Gasteiger partial charge in [-0.15, -0.1) is 0 Å². The molecule has 1 aliphatic carbocycles. The normalized spacial score (nSPS) is 19.7. The number of carbonyl (C=O) groups is 1. The number of amides is 1. The molecule has 4 nitrogen and oxygen atoms in total. The number of benzene rings is 1. The second-order valence-electron chi connectivity index (χ2n) is 5.85. The summed E-state index contributed by atoms with van der Waals surface area (Å²) in [6.07, 6.45) is 2.96. The van der Waals surface area contributed by atoms with Crippen molar-refractivity contribution in [3.05, 3.63) is 29.3 Å². The zero-order valence-corrected chi connectivity index (χ0v) is 11.4. The van der Waals surface area contributed by atoms with Crippen LogP contribution in [-0.2, 0) is 17.8 Å². The van der Waals surface area contributed by atoms with Crippen LogP contribution in [0.15, 0.2) is 18.2 Å². The Morgan fingerprint density at radius 3 is 2.84 bits per heavy atom. The molecule has 1 saturated carbocycles. The van der Waals surface area contributed by atoms with Gasteiger partial charge < -0.3 is 16.0 Å². The second kappa shape index (κ2) is 4.62. The predicted molar refractivity (Wildman–Crippen MR) is 76.0 cm³/mol. The Kier molecular flexibility index (Phi) is 3.07. The van der Waals surface area contributed by atoms with Crippen molar-refractivity contribution in [1.29, 1.82) is 0 Å². The largest absolute Gasteiger partial charge is 0.326 e. The van der Waals surface area contributed by atoms with E-state index < -0.39 is 0 Å². The summed E-state index contributed by atoms with van der Waals surface area (Å²) in [6.45, 7) is 2.37. The van der Waals surface area contributed by atoms with Gasteiger partial charge in [-0.3, -0.25) is 4.79 Å². The van der Waals surface area contributed by atoms with E-state index in [1.54, 1.807) is 0 Å². The van der Waals surface area contributed by atoms with Crippen LogP contribution in [-0.4, -0.2) is 26.0 Å². The maximum absolute atomic E-state index is 12.2. The van der Waals surface area contributed by atoms with Gasteiger partial charge in [-0.05, 0) is 37.1 Å². The number of rotatable bonds is 5. The highest BCUT2D eigenvalue weighted by molar-refractivity contribution is 6.01. The number of hydrogen-bond acceptors (Lipinski definition) is 3. The third kappa shape index (κ3) is 2.26. The number of nitrogens with one attached hydrogen (secondary N) is 1. The maximum Gasteiger partial charge on any atom is 0.231 e. The molecule has 3 rings (SSSR count). The predicted octanol–water partition coefficient (Wildman–Crippen LogP) is 1.03. The number of nitrogens with zero attached hydrogens (tertiary/aromatic N) is 1. The third-order valence-electron chi connectivity index (χ3n) is 4.32. The van der Waals surface area contributed by atoms with Crippen molar-refractivity contribution < 1.29 is 4.79 Å². The van der Waals surface area contributed by atoms with Crippen LogP contribution in [0.1, 0.15) is 24.0 Å². The molecule has 1 heterocycles. The minimum absolute atomic E-state index is 0.228. The number of hydrogen-bond donors (Lipinski definition) is 2. The van der Waals surface area contributed by atoms with Crippen LogP contribution in [0.25, 0.3) is 0 Å². The molecule has 1 fully saturated rings. The summed E-state index contributed by atoms with van der Waals surface area (Å²) in [5.41, 5.74) is 9.28. The van der Waals surface area contributed by atoms with Gasteiger partial charge in [-0.1, -0.05) is 12.1 Å². The lowest BCUT2D eigenvalue weighted by molar-refractivity contribution is -0.117. The minimum atomic E-state index is 0.228. The average molecular weight is 259 g/mol. The van der Waals surface area contributed by atoms with E-state index in [9.17, 15) is 4.79 Å². The Labute approximate surface area is 114 Å². The molecule has 0 radical (unpaired) electrons. The third-order valence-corrected chi connectivity index (χ3v) is 4.32. The van der Waals surface area contributed by atoms with Crippen LogP contribution in [0, 0.1) is 5.41 Å². The maximum atomic E-state index is 12.2. The first kappa shape index (κ1) is 12.6. The van der Waals surface area contributed by atoms with Crippen LogP contribution >= 0.6 is 0 Å². The van der Waals surface area contributed by atoms with Crippen LogP contribution in [0.5, 0.6) is 0 Å². The molecule has 0 spiro atoms. The van der Waals surface area contributed by atoms with Gasteiger partial charge in [-0.2, -0.15) is 0 Å². The fourth-order valence-corrected chi connectivity index (χ4v) is 3.01. The smallest absolute Gasteiger partial charge is 0.231 e. The molecule has 0 bridgehead atoms. The molecule has 2 aliphatic rings. The molecule has 3 N–H and O–H groups in total. The Bertz CT molecular complexity index is 508. The summed E-state index contributed by atoms with van der Waals surface area (Å²) >= 11 is 0. The number of anilines is 1. The summed E-state index contributed by atoms with van der Waals surface area (Å²) in [6, 6.07) is 6.16. The first-order valence-electron chi connectivity index (χ1n) is 6.94. The zero-order valence-electron chi connectivity index (χ0n) is 11.4. The molecule has 0 unspecified atom stereocenters. The fraction of sp³-hybridized carbons (Fsp3) is 0.533. The van der Waals surface area contributed by atoms with Crippen LogP contribution < -0.4 is 16.0 Å². The Morgan fingerprint density at radius 1 is 1.42 bits per heavy atom. The van der Waals surface area contributed by atoms with E-state index in [0.717, 1.165) is 29.9 Å². The van der Waals surface area contributed by atoms with Crippen molar-refractivity contribution in [2.24, 2.45) is 11.1 Å². The monoisotopic (exact) mass is 259 g/mol. The lowest BCUT2D eigenvalue weighted by Gasteiger charge is -2.24. The Hall–Kier alpha value is -1.39. The standard InChI is InChI=1S/C15H21N3O/c1-17-9-15(4-5-15)10-18-13-3-2-11(8-16)6-12(13)7-14(18)19/h2-3,6,17H,4-5,7-10,16H2,1H3. The zero-order chi connectivity index (χ0) is 13.5. The van der Waals surface area contributed by atoms with Gasteiger partial charge in [0.15, 0.2) is 0 Å². The lowest BCUT2D eigenvalue weighted by atomic mass is 10.1. The molecule has 1 aliphatic heterocycles. The highest BCUT2D eigenvalue weighted by Crippen LogP contribution is 2.47. The van der Waals surface area contributed by atoms with Crippen molar-refractivity contribution >= 4 is 11.6 Å². The van der Waals surface area contributed by atoms with E-state index in [4.69, 9.17) is 5.73 Å². The lowest BCUT2D eigenvalue weighted by Crippen LogP contribution is -2.37. The van der Waals surface area contributed by atoms with Gasteiger partial charge in [0.05, 0.1) is 6.42 Å². The molecular formula is C15H21N3O. The molecule has 0 atom stereocenters. The summed E-state index contributed by atoms with van der Waals surface area (Å²) < 4.78 is 0. The summed E-state index contributed by atoms with van der Waals surface area (Å²) in [4.78, 5) is 14.2. The highest BCUT2D eigenvalue weighted by Gasteiger charge is 2.45. The number of carbonyl (C=O) groups excluding carboxylic acids is 1. The van der Waals surface area contributed by atoms with Crippen molar-refractivity contribution in [3.63, 3.8) is 0 Å². The van der Waals surface area contributed by atoms with E-state index in [1.807, 2.05) is 18.0 Å². The van der Waals surface area contributed by atoms with Crippen molar-refractivity contribution in [1.82, 2.24) is 5.32 Å². The summed E-state index contributed by atoms with van der Waals surface area (Å²) in [7, 11) is 1.98. The van der Waals surface area contributed by atoms with E-state index in [-0.39, 0.29) is 5.91 Å². The highest BCUT2D eigenvalue weighted by atomic mass is 16.2.